The third kappa shape index (κ3) is 5.46. The number of rotatable bonds is 4. The average Bonchev–Trinajstić information content (AvgIpc) is 2.24. The van der Waals surface area contributed by atoms with Crippen molar-refractivity contribution < 1.29 is 0 Å². The van der Waals surface area contributed by atoms with E-state index in [1.807, 2.05) is 12.1 Å². The average molecular weight is 296 g/mol. The number of halogens is 1. The Kier molecular flexibility index (Phi) is 5.69. The van der Waals surface area contributed by atoms with Crippen molar-refractivity contribution in [2.24, 2.45) is 5.41 Å². The van der Waals surface area contributed by atoms with Crippen LogP contribution in [0.25, 0.3) is 0 Å². The van der Waals surface area contributed by atoms with Gasteiger partial charge in [0.1, 0.15) is 0 Å². The third-order valence-electron chi connectivity index (χ3n) is 3.78. The van der Waals surface area contributed by atoms with Crippen molar-refractivity contribution in [3.05, 3.63) is 34.3 Å². The lowest BCUT2D eigenvalue weighted by Crippen LogP contribution is -2.42. The first-order valence-corrected chi connectivity index (χ1v) is 7.87. The van der Waals surface area contributed by atoms with E-state index in [-0.39, 0.29) is 5.54 Å². The molecule has 20 heavy (non-hydrogen) atoms. The van der Waals surface area contributed by atoms with Gasteiger partial charge >= 0.3 is 0 Å². The van der Waals surface area contributed by atoms with E-state index < -0.39 is 0 Å². The van der Waals surface area contributed by atoms with Crippen LogP contribution in [0.1, 0.15) is 59.1 Å². The highest BCUT2D eigenvalue weighted by atomic mass is 35.5. The molecule has 2 heteroatoms. The number of hydrogen-bond acceptors (Lipinski definition) is 1. The van der Waals surface area contributed by atoms with Gasteiger partial charge in [0.05, 0.1) is 0 Å². The van der Waals surface area contributed by atoms with Crippen LogP contribution < -0.4 is 0 Å². The van der Waals surface area contributed by atoms with Crippen LogP contribution in [0.2, 0.25) is 5.02 Å². The second kappa shape index (κ2) is 6.49. The van der Waals surface area contributed by atoms with Crippen LogP contribution in [-0.4, -0.2) is 17.0 Å². The summed E-state index contributed by atoms with van der Waals surface area (Å²) in [7, 11) is 0. The maximum atomic E-state index is 6.39. The standard InChI is InChI=1S/C18H30ClN/c1-14-9-8-10-16(19)15(14)13-20(18(5,6)7)12-11-17(2,3)4/h8-10H,11-13H2,1-7H3. The van der Waals surface area contributed by atoms with E-state index in [2.05, 4.69) is 59.4 Å². The lowest BCUT2D eigenvalue weighted by atomic mass is 9.91. The molecule has 0 aliphatic carbocycles. The molecule has 0 bridgehead atoms. The Morgan fingerprint density at radius 3 is 2.10 bits per heavy atom. The summed E-state index contributed by atoms with van der Waals surface area (Å²) in [6.45, 7) is 17.9. The van der Waals surface area contributed by atoms with Gasteiger partial charge < -0.3 is 0 Å². The van der Waals surface area contributed by atoms with E-state index >= 15 is 0 Å². The first-order chi connectivity index (χ1) is 9.00. The van der Waals surface area contributed by atoms with Gasteiger partial charge in [-0.1, -0.05) is 44.5 Å². The molecule has 1 rings (SSSR count). The summed E-state index contributed by atoms with van der Waals surface area (Å²) in [6.07, 6.45) is 1.19. The van der Waals surface area contributed by atoms with Gasteiger partial charge in [-0.25, -0.2) is 0 Å². The van der Waals surface area contributed by atoms with Crippen molar-refractivity contribution in [2.45, 2.75) is 67.0 Å². The molecule has 0 spiro atoms. The molecule has 0 saturated carbocycles. The highest BCUT2D eigenvalue weighted by molar-refractivity contribution is 6.31. The Bertz CT molecular complexity index is 417. The predicted molar refractivity (Wildman–Crippen MR) is 90.4 cm³/mol. The van der Waals surface area contributed by atoms with E-state index in [4.69, 9.17) is 11.6 Å². The first-order valence-electron chi connectivity index (χ1n) is 7.50. The zero-order valence-electron chi connectivity index (χ0n) is 14.2. The maximum Gasteiger partial charge on any atom is 0.0453 e. The summed E-state index contributed by atoms with van der Waals surface area (Å²) in [6, 6.07) is 6.16. The van der Waals surface area contributed by atoms with Crippen LogP contribution in [-0.2, 0) is 6.54 Å². The van der Waals surface area contributed by atoms with Crippen LogP contribution >= 0.6 is 11.6 Å². The molecule has 1 aromatic carbocycles. The Labute approximate surface area is 130 Å². The molecule has 0 radical (unpaired) electrons. The zero-order chi connectivity index (χ0) is 15.6. The molecule has 0 fully saturated rings. The molecule has 1 aromatic rings. The largest absolute Gasteiger partial charge is 0.294 e. The van der Waals surface area contributed by atoms with Crippen molar-refractivity contribution in [3.63, 3.8) is 0 Å². The van der Waals surface area contributed by atoms with Crippen LogP contribution in [0.15, 0.2) is 18.2 Å². The fraction of sp³-hybridized carbons (Fsp3) is 0.667. The van der Waals surface area contributed by atoms with Crippen molar-refractivity contribution in [2.75, 3.05) is 6.54 Å². The van der Waals surface area contributed by atoms with Gasteiger partial charge in [-0.3, -0.25) is 4.90 Å². The summed E-state index contributed by atoms with van der Waals surface area (Å²) < 4.78 is 0. The van der Waals surface area contributed by atoms with Gasteiger partial charge in [0.2, 0.25) is 0 Å². The van der Waals surface area contributed by atoms with E-state index in [0.717, 1.165) is 18.1 Å². The SMILES string of the molecule is Cc1cccc(Cl)c1CN(CCC(C)(C)C)C(C)(C)C. The van der Waals surface area contributed by atoms with Crippen LogP contribution in [0.4, 0.5) is 0 Å². The number of aryl methyl sites for hydroxylation is 1. The summed E-state index contributed by atoms with van der Waals surface area (Å²) in [5, 5.41) is 0.884. The fourth-order valence-corrected chi connectivity index (χ4v) is 2.46. The van der Waals surface area contributed by atoms with Gasteiger partial charge in [0.15, 0.2) is 0 Å². The van der Waals surface area contributed by atoms with Gasteiger partial charge in [-0.05, 0) is 63.3 Å². The minimum atomic E-state index is 0.150. The minimum absolute atomic E-state index is 0.150. The highest BCUT2D eigenvalue weighted by Crippen LogP contribution is 2.27. The second-order valence-electron chi connectivity index (χ2n) is 7.94. The van der Waals surface area contributed by atoms with E-state index in [0.29, 0.717) is 5.41 Å². The molecule has 0 amide bonds. The summed E-state index contributed by atoms with van der Waals surface area (Å²) in [5.74, 6) is 0. The van der Waals surface area contributed by atoms with Gasteiger partial charge in [0, 0.05) is 17.1 Å². The summed E-state index contributed by atoms with van der Waals surface area (Å²) in [5.41, 5.74) is 3.05. The normalized spacial score (nSPS) is 13.1. The number of benzene rings is 1. The van der Waals surface area contributed by atoms with Crippen LogP contribution in [0, 0.1) is 12.3 Å². The van der Waals surface area contributed by atoms with Gasteiger partial charge in [0.25, 0.3) is 0 Å². The molecule has 1 nitrogen and oxygen atoms in total. The molecule has 0 N–H and O–H groups in total. The molecular weight excluding hydrogens is 266 g/mol. The monoisotopic (exact) mass is 295 g/mol. The van der Waals surface area contributed by atoms with E-state index in [1.54, 1.807) is 0 Å². The maximum absolute atomic E-state index is 6.39. The molecule has 0 aliphatic rings. The Balaban J connectivity index is 2.91. The van der Waals surface area contributed by atoms with Gasteiger partial charge in [-0.15, -0.1) is 0 Å². The first kappa shape index (κ1) is 17.5. The highest BCUT2D eigenvalue weighted by Gasteiger charge is 2.24. The smallest absolute Gasteiger partial charge is 0.0453 e. The Morgan fingerprint density at radius 1 is 1.05 bits per heavy atom. The summed E-state index contributed by atoms with van der Waals surface area (Å²) >= 11 is 6.39. The molecule has 0 heterocycles. The predicted octanol–water partition coefficient (Wildman–Crippen LogP) is 5.69. The topological polar surface area (TPSA) is 3.24 Å². The van der Waals surface area contributed by atoms with E-state index in [1.165, 1.54) is 17.5 Å². The fourth-order valence-electron chi connectivity index (χ4n) is 2.18. The van der Waals surface area contributed by atoms with Crippen LogP contribution in [0.3, 0.4) is 0 Å². The van der Waals surface area contributed by atoms with Crippen LogP contribution in [0.5, 0.6) is 0 Å². The van der Waals surface area contributed by atoms with Crippen molar-refractivity contribution >= 4 is 11.6 Å². The Hall–Kier alpha value is -0.530. The molecular formula is C18H30ClN. The van der Waals surface area contributed by atoms with E-state index in [9.17, 15) is 0 Å². The summed E-state index contributed by atoms with van der Waals surface area (Å²) in [4.78, 5) is 2.53. The molecule has 0 saturated heterocycles. The lowest BCUT2D eigenvalue weighted by molar-refractivity contribution is 0.110. The number of hydrogen-bond donors (Lipinski definition) is 0. The minimum Gasteiger partial charge on any atom is -0.294 e. The second-order valence-corrected chi connectivity index (χ2v) is 8.35. The molecule has 114 valence electrons. The third-order valence-corrected chi connectivity index (χ3v) is 4.14. The number of nitrogens with zero attached hydrogens (tertiary/aromatic N) is 1. The lowest BCUT2D eigenvalue weighted by Gasteiger charge is -2.38. The Morgan fingerprint density at radius 2 is 1.65 bits per heavy atom. The van der Waals surface area contributed by atoms with Gasteiger partial charge in [-0.2, -0.15) is 0 Å². The van der Waals surface area contributed by atoms with Crippen molar-refractivity contribution in [1.29, 1.82) is 0 Å². The molecule has 0 aliphatic heterocycles. The molecule has 0 aromatic heterocycles. The van der Waals surface area contributed by atoms with Crippen molar-refractivity contribution in [3.8, 4) is 0 Å². The van der Waals surface area contributed by atoms with Crippen molar-refractivity contribution in [1.82, 2.24) is 4.90 Å². The molecule has 0 unspecified atom stereocenters. The molecule has 0 atom stereocenters. The zero-order valence-corrected chi connectivity index (χ0v) is 14.9. The quantitative estimate of drug-likeness (QED) is 0.690.